The summed E-state index contributed by atoms with van der Waals surface area (Å²) in [6.45, 7) is 9.07. The van der Waals surface area contributed by atoms with E-state index in [0.29, 0.717) is 6.54 Å². The quantitative estimate of drug-likeness (QED) is 0.772. The fraction of sp³-hybridized carbons (Fsp3) is 0.500. The Morgan fingerprint density at radius 1 is 1.21 bits per heavy atom. The Labute approximate surface area is 86.5 Å². The largest absolute Gasteiger partial charge is 0.378 e. The Kier molecular flexibility index (Phi) is 3.17. The smallest absolute Gasteiger partial charge is 0.0439 e. The van der Waals surface area contributed by atoms with Gasteiger partial charge in [-0.15, -0.1) is 0 Å². The lowest BCUT2D eigenvalue weighted by Gasteiger charge is -2.27. The van der Waals surface area contributed by atoms with E-state index in [4.69, 9.17) is 5.73 Å². The van der Waals surface area contributed by atoms with Crippen molar-refractivity contribution in [1.29, 1.82) is 0 Å². The first-order valence-electron chi connectivity index (χ1n) is 5.01. The molecule has 0 unspecified atom stereocenters. The molecule has 3 N–H and O–H groups in total. The van der Waals surface area contributed by atoms with E-state index in [1.165, 1.54) is 16.8 Å². The monoisotopic (exact) mass is 192 g/mol. The standard InChI is InChI=1S/C12H20N2/c1-9-6-5-7-10(2)11(9)14-12(3,4)8-13/h5-7,14H,8,13H2,1-4H3. The molecule has 0 aliphatic carbocycles. The second-order valence-electron chi connectivity index (χ2n) is 4.48. The molecule has 0 amide bonds. The van der Waals surface area contributed by atoms with Gasteiger partial charge in [-0.1, -0.05) is 18.2 Å². The molecule has 78 valence electrons. The molecule has 2 heteroatoms. The predicted octanol–water partition coefficient (Wildman–Crippen LogP) is 2.45. The molecule has 0 saturated carbocycles. The van der Waals surface area contributed by atoms with E-state index in [0.717, 1.165) is 0 Å². The number of aryl methyl sites for hydroxylation is 2. The first-order valence-corrected chi connectivity index (χ1v) is 5.01. The lowest BCUT2D eigenvalue weighted by atomic mass is 10.0. The maximum absolute atomic E-state index is 5.69. The lowest BCUT2D eigenvalue weighted by Crippen LogP contribution is -2.39. The van der Waals surface area contributed by atoms with Crippen molar-refractivity contribution in [2.75, 3.05) is 11.9 Å². The van der Waals surface area contributed by atoms with Crippen LogP contribution >= 0.6 is 0 Å². The van der Waals surface area contributed by atoms with E-state index >= 15 is 0 Å². The summed E-state index contributed by atoms with van der Waals surface area (Å²) in [6.07, 6.45) is 0. The maximum Gasteiger partial charge on any atom is 0.0439 e. The third kappa shape index (κ3) is 2.48. The summed E-state index contributed by atoms with van der Waals surface area (Å²) in [5.74, 6) is 0. The average Bonchev–Trinajstić information content (AvgIpc) is 2.12. The highest BCUT2D eigenvalue weighted by Crippen LogP contribution is 2.22. The molecule has 0 bridgehead atoms. The Morgan fingerprint density at radius 2 is 1.71 bits per heavy atom. The summed E-state index contributed by atoms with van der Waals surface area (Å²) < 4.78 is 0. The van der Waals surface area contributed by atoms with Gasteiger partial charge in [-0.05, 0) is 38.8 Å². The van der Waals surface area contributed by atoms with Crippen LogP contribution in [0.25, 0.3) is 0 Å². The zero-order chi connectivity index (χ0) is 10.8. The molecule has 0 fully saturated rings. The summed E-state index contributed by atoms with van der Waals surface area (Å²) in [5, 5.41) is 3.48. The molecule has 0 heterocycles. The summed E-state index contributed by atoms with van der Waals surface area (Å²) >= 11 is 0. The second-order valence-corrected chi connectivity index (χ2v) is 4.48. The van der Waals surface area contributed by atoms with Gasteiger partial charge in [0.2, 0.25) is 0 Å². The van der Waals surface area contributed by atoms with Crippen molar-refractivity contribution < 1.29 is 0 Å². The molecule has 1 rings (SSSR count). The highest BCUT2D eigenvalue weighted by atomic mass is 15.0. The van der Waals surface area contributed by atoms with Crippen LogP contribution < -0.4 is 11.1 Å². The molecule has 14 heavy (non-hydrogen) atoms. The highest BCUT2D eigenvalue weighted by Gasteiger charge is 2.16. The first-order chi connectivity index (χ1) is 6.46. The van der Waals surface area contributed by atoms with E-state index in [9.17, 15) is 0 Å². The van der Waals surface area contributed by atoms with Gasteiger partial charge in [0.25, 0.3) is 0 Å². The van der Waals surface area contributed by atoms with Crippen molar-refractivity contribution in [3.8, 4) is 0 Å². The van der Waals surface area contributed by atoms with Crippen molar-refractivity contribution in [1.82, 2.24) is 0 Å². The molecular weight excluding hydrogens is 172 g/mol. The van der Waals surface area contributed by atoms with E-state index < -0.39 is 0 Å². The molecule has 2 nitrogen and oxygen atoms in total. The summed E-state index contributed by atoms with van der Waals surface area (Å²) in [4.78, 5) is 0. The zero-order valence-electron chi connectivity index (χ0n) is 9.52. The third-order valence-corrected chi connectivity index (χ3v) is 2.45. The average molecular weight is 192 g/mol. The van der Waals surface area contributed by atoms with Crippen molar-refractivity contribution in [3.63, 3.8) is 0 Å². The number of anilines is 1. The number of rotatable bonds is 3. The van der Waals surface area contributed by atoms with Gasteiger partial charge in [0.15, 0.2) is 0 Å². The van der Waals surface area contributed by atoms with Crippen LogP contribution in [-0.4, -0.2) is 12.1 Å². The van der Waals surface area contributed by atoms with Crippen LogP contribution in [0.5, 0.6) is 0 Å². The van der Waals surface area contributed by atoms with Gasteiger partial charge in [-0.25, -0.2) is 0 Å². The van der Waals surface area contributed by atoms with Crippen molar-refractivity contribution in [2.24, 2.45) is 5.73 Å². The van der Waals surface area contributed by atoms with E-state index in [2.05, 4.69) is 51.2 Å². The molecule has 1 aromatic rings. The van der Waals surface area contributed by atoms with Crippen LogP contribution in [0.15, 0.2) is 18.2 Å². The van der Waals surface area contributed by atoms with Crippen LogP contribution in [0, 0.1) is 13.8 Å². The third-order valence-electron chi connectivity index (χ3n) is 2.45. The van der Waals surface area contributed by atoms with Gasteiger partial charge in [0.1, 0.15) is 0 Å². The minimum Gasteiger partial charge on any atom is -0.378 e. The van der Waals surface area contributed by atoms with Crippen LogP contribution in [-0.2, 0) is 0 Å². The van der Waals surface area contributed by atoms with Crippen molar-refractivity contribution in [2.45, 2.75) is 33.2 Å². The Hall–Kier alpha value is -1.02. The summed E-state index contributed by atoms with van der Waals surface area (Å²) in [6, 6.07) is 6.30. The van der Waals surface area contributed by atoms with Crippen molar-refractivity contribution >= 4 is 5.69 Å². The fourth-order valence-corrected chi connectivity index (χ4v) is 1.40. The number of hydrogen-bond donors (Lipinski definition) is 2. The Balaban J connectivity index is 2.97. The number of hydrogen-bond acceptors (Lipinski definition) is 2. The van der Waals surface area contributed by atoms with Crippen LogP contribution in [0.2, 0.25) is 0 Å². The topological polar surface area (TPSA) is 38.0 Å². The molecule has 0 radical (unpaired) electrons. The Morgan fingerprint density at radius 3 is 2.14 bits per heavy atom. The van der Waals surface area contributed by atoms with Crippen molar-refractivity contribution in [3.05, 3.63) is 29.3 Å². The minimum atomic E-state index is -0.0448. The van der Waals surface area contributed by atoms with E-state index in [-0.39, 0.29) is 5.54 Å². The van der Waals surface area contributed by atoms with Crippen LogP contribution in [0.4, 0.5) is 5.69 Å². The molecular formula is C12H20N2. The predicted molar refractivity (Wildman–Crippen MR) is 62.7 cm³/mol. The molecule has 0 spiro atoms. The number of para-hydroxylation sites is 1. The maximum atomic E-state index is 5.69. The molecule has 0 aliphatic rings. The minimum absolute atomic E-state index is 0.0448. The van der Waals surface area contributed by atoms with Gasteiger partial charge in [-0.2, -0.15) is 0 Å². The molecule has 0 atom stereocenters. The number of benzene rings is 1. The summed E-state index contributed by atoms with van der Waals surface area (Å²) in [5.41, 5.74) is 9.40. The van der Waals surface area contributed by atoms with Gasteiger partial charge < -0.3 is 11.1 Å². The molecule has 0 aromatic heterocycles. The van der Waals surface area contributed by atoms with Gasteiger partial charge in [-0.3, -0.25) is 0 Å². The zero-order valence-corrected chi connectivity index (χ0v) is 9.52. The van der Waals surface area contributed by atoms with Gasteiger partial charge >= 0.3 is 0 Å². The molecule has 1 aromatic carbocycles. The highest BCUT2D eigenvalue weighted by molar-refractivity contribution is 5.57. The van der Waals surface area contributed by atoms with E-state index in [1.807, 2.05) is 0 Å². The second kappa shape index (κ2) is 4.01. The normalized spacial score (nSPS) is 11.5. The van der Waals surface area contributed by atoms with Crippen LogP contribution in [0.3, 0.4) is 0 Å². The SMILES string of the molecule is Cc1cccc(C)c1NC(C)(C)CN. The lowest BCUT2D eigenvalue weighted by molar-refractivity contribution is 0.579. The van der Waals surface area contributed by atoms with E-state index in [1.54, 1.807) is 0 Å². The molecule has 0 saturated heterocycles. The number of nitrogens with two attached hydrogens (primary N) is 1. The van der Waals surface area contributed by atoms with Crippen LogP contribution in [0.1, 0.15) is 25.0 Å². The van der Waals surface area contributed by atoms with Gasteiger partial charge in [0.05, 0.1) is 0 Å². The molecule has 0 aliphatic heterocycles. The summed E-state index contributed by atoms with van der Waals surface area (Å²) in [7, 11) is 0. The Bertz CT molecular complexity index is 296. The fourth-order valence-electron chi connectivity index (χ4n) is 1.40. The van der Waals surface area contributed by atoms with Gasteiger partial charge in [0, 0.05) is 17.8 Å². The number of nitrogens with one attached hydrogen (secondary N) is 1. The first kappa shape index (κ1) is 11.1.